The normalized spacial score (nSPS) is 17.3. The van der Waals surface area contributed by atoms with E-state index in [0.717, 1.165) is 28.4 Å². The number of aryl methyl sites for hydroxylation is 3. The van der Waals surface area contributed by atoms with Gasteiger partial charge in [-0.25, -0.2) is 4.98 Å². The molecule has 0 aliphatic carbocycles. The van der Waals surface area contributed by atoms with E-state index in [4.69, 9.17) is 0 Å². The van der Waals surface area contributed by atoms with Gasteiger partial charge in [-0.2, -0.15) is 0 Å². The first-order valence-electron chi connectivity index (χ1n) is 9.14. The maximum atomic E-state index is 13.4. The number of nitrogens with zero attached hydrogens (tertiary/aromatic N) is 3. The van der Waals surface area contributed by atoms with Crippen LogP contribution in [0.3, 0.4) is 0 Å². The molecule has 3 heterocycles. The van der Waals surface area contributed by atoms with Crippen LogP contribution in [0.1, 0.15) is 43.3 Å². The third kappa shape index (κ3) is 3.76. The molecule has 2 aromatic heterocycles. The van der Waals surface area contributed by atoms with Crippen molar-refractivity contribution in [1.82, 2.24) is 14.8 Å². The molecular formula is C20H25N3O3S2. The lowest BCUT2D eigenvalue weighted by molar-refractivity contribution is -0.129. The maximum absolute atomic E-state index is 13.4. The van der Waals surface area contributed by atoms with E-state index < -0.39 is 17.7 Å². The number of thiophene rings is 1. The van der Waals surface area contributed by atoms with Crippen LogP contribution in [0.15, 0.2) is 22.8 Å². The predicted molar refractivity (Wildman–Crippen MR) is 112 cm³/mol. The van der Waals surface area contributed by atoms with Crippen LogP contribution in [0.4, 0.5) is 0 Å². The highest BCUT2D eigenvalue weighted by molar-refractivity contribution is 7.14. The van der Waals surface area contributed by atoms with Gasteiger partial charge in [0, 0.05) is 11.4 Å². The number of aliphatic hydroxyl groups excluding tert-OH is 1. The quantitative estimate of drug-likeness (QED) is 0.694. The second kappa shape index (κ2) is 8.14. The van der Waals surface area contributed by atoms with Crippen LogP contribution in [-0.4, -0.2) is 58.8 Å². The second-order valence-electron chi connectivity index (χ2n) is 7.26. The molecule has 150 valence electrons. The molecule has 2 aromatic rings. The van der Waals surface area contributed by atoms with Crippen LogP contribution in [0.5, 0.6) is 0 Å². The minimum absolute atomic E-state index is 0.173. The van der Waals surface area contributed by atoms with E-state index in [-0.39, 0.29) is 11.4 Å². The van der Waals surface area contributed by atoms with E-state index in [1.54, 1.807) is 11.8 Å². The highest BCUT2D eigenvalue weighted by Crippen LogP contribution is 2.43. The lowest BCUT2D eigenvalue weighted by Crippen LogP contribution is -2.33. The van der Waals surface area contributed by atoms with Gasteiger partial charge in [0.2, 0.25) is 5.78 Å². The van der Waals surface area contributed by atoms with Gasteiger partial charge in [-0.3, -0.25) is 9.59 Å². The van der Waals surface area contributed by atoms with Gasteiger partial charge in [0.25, 0.3) is 5.91 Å². The summed E-state index contributed by atoms with van der Waals surface area (Å²) in [7, 11) is 3.96. The van der Waals surface area contributed by atoms with Gasteiger partial charge >= 0.3 is 0 Å². The van der Waals surface area contributed by atoms with Gasteiger partial charge in [-0.05, 0) is 64.8 Å². The zero-order valence-corrected chi connectivity index (χ0v) is 18.4. The van der Waals surface area contributed by atoms with Crippen molar-refractivity contribution >= 4 is 34.4 Å². The lowest BCUT2D eigenvalue weighted by Gasteiger charge is -2.27. The number of rotatable bonds is 7. The summed E-state index contributed by atoms with van der Waals surface area (Å²) in [6.45, 7) is 6.88. The van der Waals surface area contributed by atoms with E-state index >= 15 is 0 Å². The molecule has 0 saturated carbocycles. The number of thiazole rings is 1. The van der Waals surface area contributed by atoms with Crippen LogP contribution >= 0.6 is 22.7 Å². The van der Waals surface area contributed by atoms with Crippen molar-refractivity contribution in [2.24, 2.45) is 0 Å². The third-order valence-electron chi connectivity index (χ3n) is 4.81. The highest BCUT2D eigenvalue weighted by atomic mass is 32.1. The van der Waals surface area contributed by atoms with Crippen molar-refractivity contribution in [2.75, 3.05) is 27.2 Å². The molecule has 1 atom stereocenters. The maximum Gasteiger partial charge on any atom is 0.290 e. The Bertz CT molecular complexity index is 942. The average Bonchev–Trinajstić information content (AvgIpc) is 3.25. The summed E-state index contributed by atoms with van der Waals surface area (Å²) in [5, 5.41) is 13.4. The molecule has 1 unspecified atom stereocenters. The molecule has 0 aromatic carbocycles. The van der Waals surface area contributed by atoms with E-state index in [1.165, 1.54) is 22.7 Å². The van der Waals surface area contributed by atoms with Gasteiger partial charge < -0.3 is 14.9 Å². The number of hydrogen-bond acceptors (Lipinski definition) is 7. The molecule has 1 aliphatic rings. The smallest absolute Gasteiger partial charge is 0.290 e. The number of Topliss-reactive ketones (excluding diaryl/α,β-unsaturated/α-hetero) is 1. The topological polar surface area (TPSA) is 73.7 Å². The molecule has 6 nitrogen and oxygen atoms in total. The zero-order chi connectivity index (χ0) is 20.6. The number of aliphatic hydroxyl groups is 1. The molecule has 0 spiro atoms. The lowest BCUT2D eigenvalue weighted by atomic mass is 9.98. The Labute approximate surface area is 173 Å². The van der Waals surface area contributed by atoms with E-state index in [1.807, 2.05) is 39.4 Å². The molecule has 8 heteroatoms. The van der Waals surface area contributed by atoms with Crippen LogP contribution in [0.2, 0.25) is 0 Å². The summed E-state index contributed by atoms with van der Waals surface area (Å²) in [4.78, 5) is 35.7. The summed E-state index contributed by atoms with van der Waals surface area (Å²) in [5.41, 5.74) is 1.82. The van der Waals surface area contributed by atoms with Gasteiger partial charge in [0.1, 0.15) is 0 Å². The van der Waals surface area contributed by atoms with Crippen LogP contribution in [0, 0.1) is 20.8 Å². The van der Waals surface area contributed by atoms with E-state index in [9.17, 15) is 14.7 Å². The Hall–Kier alpha value is -2.03. The molecular weight excluding hydrogens is 394 g/mol. The number of amides is 1. The molecule has 1 amide bonds. The molecule has 3 rings (SSSR count). The number of carbonyl (C=O) groups excluding carboxylic acids is 2. The zero-order valence-electron chi connectivity index (χ0n) is 16.8. The highest BCUT2D eigenvalue weighted by Gasteiger charge is 2.45. The Morgan fingerprint density at radius 1 is 1.32 bits per heavy atom. The number of aromatic nitrogens is 1. The molecule has 0 radical (unpaired) electrons. The van der Waals surface area contributed by atoms with Crippen LogP contribution < -0.4 is 0 Å². The summed E-state index contributed by atoms with van der Waals surface area (Å²) < 4.78 is 0. The van der Waals surface area contributed by atoms with E-state index in [2.05, 4.69) is 9.88 Å². The van der Waals surface area contributed by atoms with Crippen molar-refractivity contribution in [3.63, 3.8) is 0 Å². The molecule has 0 fully saturated rings. The molecule has 0 saturated heterocycles. The average molecular weight is 420 g/mol. The Kier molecular flexibility index (Phi) is 6.02. The van der Waals surface area contributed by atoms with Crippen molar-refractivity contribution in [3.05, 3.63) is 48.8 Å². The first kappa shape index (κ1) is 20.7. The van der Waals surface area contributed by atoms with Crippen LogP contribution in [0.25, 0.3) is 0 Å². The third-order valence-corrected chi connectivity index (χ3v) is 6.96. The minimum Gasteiger partial charge on any atom is -0.503 e. The SMILES string of the molecule is Cc1nc(C)c(C(=O)C2=C(O)C(=O)N(CCCN(C)C)C2c2sccc2C)s1. The van der Waals surface area contributed by atoms with Crippen molar-refractivity contribution in [2.45, 2.75) is 33.2 Å². The van der Waals surface area contributed by atoms with Crippen molar-refractivity contribution in [3.8, 4) is 0 Å². The summed E-state index contributed by atoms with van der Waals surface area (Å²) in [6, 6.07) is 1.42. The number of hydrogen-bond donors (Lipinski definition) is 1. The number of ketones is 1. The molecule has 0 bridgehead atoms. The molecule has 1 N–H and O–H groups in total. The van der Waals surface area contributed by atoms with Crippen LogP contribution in [-0.2, 0) is 4.79 Å². The first-order valence-corrected chi connectivity index (χ1v) is 10.8. The minimum atomic E-state index is -0.552. The number of carbonyl (C=O) groups is 2. The van der Waals surface area contributed by atoms with Gasteiger partial charge in [0.05, 0.1) is 27.2 Å². The monoisotopic (exact) mass is 419 g/mol. The fourth-order valence-electron chi connectivity index (χ4n) is 3.47. The summed E-state index contributed by atoms with van der Waals surface area (Å²) in [6.07, 6.45) is 0.757. The molecule has 28 heavy (non-hydrogen) atoms. The first-order chi connectivity index (χ1) is 13.2. The fourth-order valence-corrected chi connectivity index (χ4v) is 5.40. The Morgan fingerprint density at radius 3 is 2.57 bits per heavy atom. The van der Waals surface area contributed by atoms with E-state index in [0.29, 0.717) is 17.1 Å². The van der Waals surface area contributed by atoms with Crippen molar-refractivity contribution in [1.29, 1.82) is 0 Å². The largest absolute Gasteiger partial charge is 0.503 e. The van der Waals surface area contributed by atoms with Gasteiger partial charge in [-0.1, -0.05) is 0 Å². The second-order valence-corrected chi connectivity index (χ2v) is 9.42. The van der Waals surface area contributed by atoms with Gasteiger partial charge in [-0.15, -0.1) is 22.7 Å². The molecule has 1 aliphatic heterocycles. The van der Waals surface area contributed by atoms with Crippen molar-refractivity contribution < 1.29 is 14.7 Å². The summed E-state index contributed by atoms with van der Waals surface area (Å²) in [5.74, 6) is -1.21. The van der Waals surface area contributed by atoms with Gasteiger partial charge in [0.15, 0.2) is 5.76 Å². The summed E-state index contributed by atoms with van der Waals surface area (Å²) >= 11 is 2.81. The Morgan fingerprint density at radius 2 is 2.04 bits per heavy atom. The standard InChI is InChI=1S/C20H25N3O3S2/c1-11-7-10-27-18(11)15-14(16(24)19-12(2)21-13(3)28-19)17(25)20(26)23(15)9-6-8-22(4)5/h7,10,15,25H,6,8-9H2,1-5H3. The Balaban J connectivity index is 2.03. The predicted octanol–water partition coefficient (Wildman–Crippen LogP) is 3.66. The fraction of sp³-hybridized carbons (Fsp3) is 0.450.